The molecule has 0 spiro atoms. The Morgan fingerprint density at radius 3 is 2.55 bits per heavy atom. The fourth-order valence-corrected chi connectivity index (χ4v) is 2.64. The third-order valence-corrected chi connectivity index (χ3v) is 3.60. The molecular formula is C18H12N4. The summed E-state index contributed by atoms with van der Waals surface area (Å²) in [7, 11) is 0. The van der Waals surface area contributed by atoms with E-state index in [1.807, 2.05) is 59.0 Å². The monoisotopic (exact) mass is 284 g/mol. The summed E-state index contributed by atoms with van der Waals surface area (Å²) >= 11 is 0. The molecule has 4 heteroatoms. The van der Waals surface area contributed by atoms with Gasteiger partial charge in [-0.2, -0.15) is 0 Å². The average molecular weight is 284 g/mol. The van der Waals surface area contributed by atoms with Gasteiger partial charge in [-0.05, 0) is 12.1 Å². The largest absolute Gasteiger partial charge is 0.275 e. The SMILES string of the molecule is C#CCc1nnc2c(-c3ccccc3)nc3ccccc3n12. The molecule has 0 N–H and O–H groups in total. The van der Waals surface area contributed by atoms with Crippen molar-refractivity contribution in [2.75, 3.05) is 0 Å². The van der Waals surface area contributed by atoms with Gasteiger partial charge < -0.3 is 0 Å². The van der Waals surface area contributed by atoms with Gasteiger partial charge in [-0.15, -0.1) is 16.6 Å². The van der Waals surface area contributed by atoms with Crippen LogP contribution in [0.2, 0.25) is 0 Å². The molecule has 0 aliphatic heterocycles. The number of hydrogen-bond acceptors (Lipinski definition) is 3. The van der Waals surface area contributed by atoms with Crippen LogP contribution in [0.15, 0.2) is 54.6 Å². The van der Waals surface area contributed by atoms with Gasteiger partial charge in [-0.1, -0.05) is 48.4 Å². The van der Waals surface area contributed by atoms with Crippen LogP contribution in [0.3, 0.4) is 0 Å². The van der Waals surface area contributed by atoms with E-state index in [0.717, 1.165) is 33.8 Å². The van der Waals surface area contributed by atoms with Crippen LogP contribution in [0.1, 0.15) is 5.82 Å². The quantitative estimate of drug-likeness (QED) is 0.531. The van der Waals surface area contributed by atoms with Crippen LogP contribution in [0.25, 0.3) is 27.9 Å². The van der Waals surface area contributed by atoms with Gasteiger partial charge in [-0.25, -0.2) is 4.98 Å². The standard InChI is InChI=1S/C18H12N4/c1-2-8-16-20-21-18-17(13-9-4-3-5-10-13)19-14-11-6-7-12-15(14)22(16)18/h1,3-7,9-12H,8H2. The fourth-order valence-electron chi connectivity index (χ4n) is 2.64. The lowest BCUT2D eigenvalue weighted by atomic mass is 10.1. The Hall–Kier alpha value is -3.19. The van der Waals surface area contributed by atoms with Crippen LogP contribution in [-0.4, -0.2) is 19.6 Å². The first-order chi connectivity index (χ1) is 10.9. The average Bonchev–Trinajstić information content (AvgIpc) is 3.00. The van der Waals surface area contributed by atoms with Crippen molar-refractivity contribution in [2.45, 2.75) is 6.42 Å². The Kier molecular flexibility index (Phi) is 2.84. The van der Waals surface area contributed by atoms with Crippen molar-refractivity contribution in [2.24, 2.45) is 0 Å². The summed E-state index contributed by atoms with van der Waals surface area (Å²) in [5, 5.41) is 8.57. The highest BCUT2D eigenvalue weighted by Crippen LogP contribution is 2.26. The van der Waals surface area contributed by atoms with Gasteiger partial charge >= 0.3 is 0 Å². The zero-order valence-electron chi connectivity index (χ0n) is 11.8. The van der Waals surface area contributed by atoms with E-state index >= 15 is 0 Å². The summed E-state index contributed by atoms with van der Waals surface area (Å²) in [6, 6.07) is 17.9. The molecule has 4 nitrogen and oxygen atoms in total. The number of nitrogens with zero attached hydrogens (tertiary/aromatic N) is 4. The molecule has 0 saturated heterocycles. The molecule has 4 rings (SSSR count). The molecule has 0 aliphatic rings. The first kappa shape index (κ1) is 12.5. The molecule has 0 unspecified atom stereocenters. The Balaban J connectivity index is 2.15. The lowest BCUT2D eigenvalue weighted by molar-refractivity contribution is 0.979. The number of terminal acetylenes is 1. The van der Waals surface area contributed by atoms with E-state index in [4.69, 9.17) is 11.4 Å². The minimum absolute atomic E-state index is 0.434. The van der Waals surface area contributed by atoms with Crippen molar-refractivity contribution >= 4 is 16.7 Å². The molecule has 4 aromatic rings. The fraction of sp³-hybridized carbons (Fsp3) is 0.0556. The highest BCUT2D eigenvalue weighted by Gasteiger charge is 2.15. The predicted octanol–water partition coefficient (Wildman–Crippen LogP) is 3.12. The third-order valence-electron chi connectivity index (χ3n) is 3.60. The van der Waals surface area contributed by atoms with Crippen molar-refractivity contribution in [1.82, 2.24) is 19.6 Å². The maximum atomic E-state index is 5.46. The molecule has 0 saturated carbocycles. The van der Waals surface area contributed by atoms with Gasteiger partial charge in [0.05, 0.1) is 17.5 Å². The molecule has 0 fully saturated rings. The van der Waals surface area contributed by atoms with Crippen LogP contribution in [-0.2, 0) is 6.42 Å². The maximum absolute atomic E-state index is 5.46. The van der Waals surface area contributed by atoms with Crippen LogP contribution in [0.4, 0.5) is 0 Å². The van der Waals surface area contributed by atoms with Crippen LogP contribution < -0.4 is 0 Å². The Labute approximate surface area is 127 Å². The van der Waals surface area contributed by atoms with Crippen molar-refractivity contribution in [3.63, 3.8) is 0 Å². The van der Waals surface area contributed by atoms with Gasteiger partial charge in [0.2, 0.25) is 0 Å². The lowest BCUT2D eigenvalue weighted by Gasteiger charge is -2.08. The van der Waals surface area contributed by atoms with Crippen molar-refractivity contribution in [3.8, 4) is 23.6 Å². The van der Waals surface area contributed by atoms with Crippen LogP contribution in [0, 0.1) is 12.3 Å². The topological polar surface area (TPSA) is 43.1 Å². The summed E-state index contributed by atoms with van der Waals surface area (Å²) in [5.74, 6) is 3.40. The summed E-state index contributed by atoms with van der Waals surface area (Å²) < 4.78 is 2.00. The number of fused-ring (bicyclic) bond motifs is 3. The molecule has 2 aromatic carbocycles. The molecular weight excluding hydrogens is 272 g/mol. The number of benzene rings is 2. The highest BCUT2D eigenvalue weighted by molar-refractivity contribution is 5.85. The van der Waals surface area contributed by atoms with Crippen molar-refractivity contribution < 1.29 is 0 Å². The number of aromatic nitrogens is 4. The molecule has 2 heterocycles. The molecule has 0 radical (unpaired) electrons. The minimum atomic E-state index is 0.434. The second-order valence-electron chi connectivity index (χ2n) is 4.97. The van der Waals surface area contributed by atoms with Crippen molar-refractivity contribution in [1.29, 1.82) is 0 Å². The minimum Gasteiger partial charge on any atom is -0.275 e. The predicted molar refractivity (Wildman–Crippen MR) is 86.3 cm³/mol. The summed E-state index contributed by atoms with van der Waals surface area (Å²) in [4.78, 5) is 4.77. The first-order valence-corrected chi connectivity index (χ1v) is 7.00. The maximum Gasteiger partial charge on any atom is 0.187 e. The highest BCUT2D eigenvalue weighted by atomic mass is 15.3. The summed E-state index contributed by atoms with van der Waals surface area (Å²) in [5.41, 5.74) is 4.42. The molecule has 0 aliphatic carbocycles. The normalized spacial score (nSPS) is 10.9. The van der Waals surface area contributed by atoms with E-state index in [1.165, 1.54) is 0 Å². The van der Waals surface area contributed by atoms with E-state index in [2.05, 4.69) is 16.1 Å². The molecule has 22 heavy (non-hydrogen) atoms. The summed E-state index contributed by atoms with van der Waals surface area (Å²) in [6.07, 6.45) is 5.89. The second kappa shape index (κ2) is 4.97. The first-order valence-electron chi connectivity index (χ1n) is 7.00. The van der Waals surface area contributed by atoms with Gasteiger partial charge in [0, 0.05) is 5.56 Å². The van der Waals surface area contributed by atoms with E-state index in [1.54, 1.807) is 0 Å². The van der Waals surface area contributed by atoms with E-state index < -0.39 is 0 Å². The summed E-state index contributed by atoms with van der Waals surface area (Å²) in [6.45, 7) is 0. The molecule has 0 atom stereocenters. The van der Waals surface area contributed by atoms with E-state index in [9.17, 15) is 0 Å². The van der Waals surface area contributed by atoms with Crippen molar-refractivity contribution in [3.05, 3.63) is 60.4 Å². The third kappa shape index (κ3) is 1.84. The molecule has 0 amide bonds. The van der Waals surface area contributed by atoms with Gasteiger partial charge in [0.25, 0.3) is 0 Å². The van der Waals surface area contributed by atoms with Crippen LogP contribution >= 0.6 is 0 Å². The molecule has 2 aromatic heterocycles. The van der Waals surface area contributed by atoms with E-state index in [-0.39, 0.29) is 0 Å². The zero-order valence-corrected chi connectivity index (χ0v) is 11.8. The Bertz CT molecular complexity index is 1010. The van der Waals surface area contributed by atoms with E-state index in [0.29, 0.717) is 6.42 Å². The zero-order chi connectivity index (χ0) is 14.9. The number of rotatable bonds is 2. The van der Waals surface area contributed by atoms with Crippen LogP contribution in [0.5, 0.6) is 0 Å². The second-order valence-corrected chi connectivity index (χ2v) is 4.97. The van der Waals surface area contributed by atoms with Gasteiger partial charge in [0.15, 0.2) is 5.65 Å². The Morgan fingerprint density at radius 2 is 1.73 bits per heavy atom. The number of hydrogen-bond donors (Lipinski definition) is 0. The molecule has 0 bridgehead atoms. The molecule has 104 valence electrons. The van der Waals surface area contributed by atoms with Gasteiger partial charge in [-0.3, -0.25) is 4.40 Å². The lowest BCUT2D eigenvalue weighted by Crippen LogP contribution is -1.99. The smallest absolute Gasteiger partial charge is 0.187 e. The Morgan fingerprint density at radius 1 is 0.955 bits per heavy atom. The number of para-hydroxylation sites is 2. The van der Waals surface area contributed by atoms with Gasteiger partial charge in [0.1, 0.15) is 11.5 Å².